The first-order valence-electron chi connectivity index (χ1n) is 19.9. The smallest absolute Gasteiger partial charge is 0.0702 e. The van der Waals surface area contributed by atoms with Gasteiger partial charge in [0, 0.05) is 34.1 Å². The van der Waals surface area contributed by atoms with Crippen LogP contribution in [0.15, 0.2) is 218 Å². The van der Waals surface area contributed by atoms with Crippen molar-refractivity contribution in [1.29, 1.82) is 0 Å². The van der Waals surface area contributed by atoms with Gasteiger partial charge in [-0.15, -0.1) is 0 Å². The highest BCUT2D eigenvalue weighted by Gasteiger charge is 2.41. The molecule has 0 bridgehead atoms. The van der Waals surface area contributed by atoms with E-state index in [1.54, 1.807) is 0 Å². The summed E-state index contributed by atoms with van der Waals surface area (Å²) in [5.74, 6) is 0.245. The van der Waals surface area contributed by atoms with Gasteiger partial charge < -0.3 is 9.80 Å². The van der Waals surface area contributed by atoms with Crippen molar-refractivity contribution < 1.29 is 0 Å². The van der Waals surface area contributed by atoms with Crippen molar-refractivity contribution in [2.45, 2.75) is 18.3 Å². The summed E-state index contributed by atoms with van der Waals surface area (Å²) < 4.78 is 0. The normalized spacial score (nSPS) is 16.6. The van der Waals surface area contributed by atoms with Crippen LogP contribution in [0, 0.1) is 0 Å². The molecule has 0 fully saturated rings. The first-order chi connectivity index (χ1) is 28.2. The highest BCUT2D eigenvalue weighted by molar-refractivity contribution is 6.25. The standard InChI is InChI=1S/C55H40N2/c1-55-35-17-16-28-51(55)48-27-13-12-26-46(48)49-34-32-41(37-52(49)55)57(40-31-33-47-44-24-9-8-22-42(44)43-23-10-11-25-45(43)50(47)36-40)54-30-15-14-29-53(54)56(38-18-4-2-5-19-38)39-20-6-3-7-21-39/h2-37,51H,1H3. The molecule has 0 N–H and O–H groups in total. The topological polar surface area (TPSA) is 6.48 Å². The van der Waals surface area contributed by atoms with Crippen LogP contribution < -0.4 is 9.80 Å². The molecule has 270 valence electrons. The van der Waals surface area contributed by atoms with Gasteiger partial charge in [0.15, 0.2) is 0 Å². The van der Waals surface area contributed by atoms with Gasteiger partial charge in [-0.05, 0) is 115 Å². The second-order valence-electron chi connectivity index (χ2n) is 15.5. The van der Waals surface area contributed by atoms with Crippen LogP contribution >= 0.6 is 0 Å². The molecule has 0 saturated carbocycles. The van der Waals surface area contributed by atoms with Crippen molar-refractivity contribution >= 4 is 66.4 Å². The van der Waals surface area contributed by atoms with Crippen molar-refractivity contribution in [1.82, 2.24) is 0 Å². The highest BCUT2D eigenvalue weighted by Crippen LogP contribution is 2.55. The van der Waals surface area contributed by atoms with E-state index in [4.69, 9.17) is 0 Å². The van der Waals surface area contributed by atoms with E-state index in [0.29, 0.717) is 0 Å². The van der Waals surface area contributed by atoms with Crippen LogP contribution in [0.5, 0.6) is 0 Å². The predicted octanol–water partition coefficient (Wildman–Crippen LogP) is 15.2. The minimum absolute atomic E-state index is 0.210. The van der Waals surface area contributed by atoms with E-state index in [9.17, 15) is 0 Å². The molecule has 0 heterocycles. The molecule has 57 heavy (non-hydrogen) atoms. The first kappa shape index (κ1) is 33.2. The van der Waals surface area contributed by atoms with Crippen LogP contribution in [0.3, 0.4) is 0 Å². The zero-order valence-electron chi connectivity index (χ0n) is 31.8. The van der Waals surface area contributed by atoms with Crippen LogP contribution in [0.1, 0.15) is 24.0 Å². The summed E-state index contributed by atoms with van der Waals surface area (Å²) in [7, 11) is 0. The Labute approximate surface area is 333 Å². The van der Waals surface area contributed by atoms with Crippen LogP contribution in [-0.2, 0) is 5.41 Å². The van der Waals surface area contributed by atoms with E-state index >= 15 is 0 Å². The van der Waals surface area contributed by atoms with Gasteiger partial charge in [-0.2, -0.15) is 0 Å². The lowest BCUT2D eigenvalue weighted by molar-refractivity contribution is 0.519. The van der Waals surface area contributed by atoms with Crippen LogP contribution in [-0.4, -0.2) is 0 Å². The summed E-state index contributed by atoms with van der Waals surface area (Å²) in [5, 5.41) is 7.58. The SMILES string of the molecule is CC12C=CC=CC1c1ccccc1-c1ccc(N(c3ccc4c5ccccc5c5ccccc5c4c3)c3ccccc3N(c3ccccc3)c3ccccc3)cc12. The summed E-state index contributed by atoms with van der Waals surface area (Å²) in [6, 6.07) is 71.2. The third-order valence-electron chi connectivity index (χ3n) is 12.3. The third kappa shape index (κ3) is 5.25. The Morgan fingerprint density at radius 3 is 1.53 bits per heavy atom. The Kier molecular flexibility index (Phi) is 7.72. The van der Waals surface area contributed by atoms with E-state index in [-0.39, 0.29) is 11.3 Å². The molecule has 0 spiro atoms. The third-order valence-corrected chi connectivity index (χ3v) is 12.3. The number of rotatable bonds is 6. The molecule has 0 radical (unpaired) electrons. The second kappa shape index (κ2) is 13.3. The first-order valence-corrected chi connectivity index (χ1v) is 19.9. The fraction of sp³-hybridized carbons (Fsp3) is 0.0545. The van der Waals surface area contributed by atoms with Gasteiger partial charge >= 0.3 is 0 Å². The molecule has 2 nitrogen and oxygen atoms in total. The van der Waals surface area contributed by atoms with Crippen molar-refractivity contribution in [3.8, 4) is 11.1 Å². The summed E-state index contributed by atoms with van der Waals surface area (Å²) in [6.45, 7) is 2.41. The van der Waals surface area contributed by atoms with Gasteiger partial charge in [-0.3, -0.25) is 0 Å². The summed E-state index contributed by atoms with van der Waals surface area (Å²) in [6.07, 6.45) is 9.24. The van der Waals surface area contributed by atoms with Crippen molar-refractivity contribution in [3.05, 3.63) is 230 Å². The fourth-order valence-electron chi connectivity index (χ4n) is 9.67. The van der Waals surface area contributed by atoms with Crippen molar-refractivity contribution in [2.24, 2.45) is 0 Å². The average molecular weight is 729 g/mol. The summed E-state index contributed by atoms with van der Waals surface area (Å²) in [5.41, 5.74) is 11.7. The van der Waals surface area contributed by atoms with E-state index in [2.05, 4.69) is 235 Å². The number of benzene rings is 9. The molecule has 2 unspecified atom stereocenters. The minimum Gasteiger partial charge on any atom is -0.308 e. The molecular weight excluding hydrogens is 689 g/mol. The van der Waals surface area contributed by atoms with E-state index < -0.39 is 0 Å². The number of allylic oxidation sites excluding steroid dienone is 4. The Morgan fingerprint density at radius 1 is 0.386 bits per heavy atom. The quantitative estimate of drug-likeness (QED) is 0.157. The second-order valence-corrected chi connectivity index (χ2v) is 15.5. The maximum absolute atomic E-state index is 2.49. The van der Waals surface area contributed by atoms with Gasteiger partial charge in [-0.1, -0.05) is 165 Å². The van der Waals surface area contributed by atoms with Crippen molar-refractivity contribution in [3.63, 3.8) is 0 Å². The number of para-hydroxylation sites is 4. The number of hydrogen-bond acceptors (Lipinski definition) is 2. The molecule has 2 atom stereocenters. The van der Waals surface area contributed by atoms with Gasteiger partial charge in [0.05, 0.1) is 11.4 Å². The van der Waals surface area contributed by atoms with E-state index in [1.807, 2.05) is 0 Å². The molecule has 11 rings (SSSR count). The predicted molar refractivity (Wildman–Crippen MR) is 242 cm³/mol. The fourth-order valence-corrected chi connectivity index (χ4v) is 9.67. The van der Waals surface area contributed by atoms with Gasteiger partial charge in [0.2, 0.25) is 0 Å². The molecule has 9 aromatic rings. The van der Waals surface area contributed by atoms with Gasteiger partial charge in [-0.25, -0.2) is 0 Å². The van der Waals surface area contributed by atoms with Gasteiger partial charge in [0.25, 0.3) is 0 Å². The maximum atomic E-state index is 2.49. The lowest BCUT2D eigenvalue weighted by Crippen LogP contribution is -2.33. The zero-order valence-corrected chi connectivity index (χ0v) is 31.8. The molecule has 0 saturated heterocycles. The molecule has 2 aliphatic rings. The minimum atomic E-state index is -0.210. The molecule has 0 amide bonds. The molecule has 0 aliphatic heterocycles. The Morgan fingerprint density at radius 2 is 0.877 bits per heavy atom. The zero-order chi connectivity index (χ0) is 37.9. The lowest BCUT2D eigenvalue weighted by Gasteiger charge is -2.43. The summed E-state index contributed by atoms with van der Waals surface area (Å²) >= 11 is 0. The number of nitrogens with zero attached hydrogens (tertiary/aromatic N) is 2. The highest BCUT2D eigenvalue weighted by atomic mass is 15.2. The maximum Gasteiger partial charge on any atom is 0.0702 e. The molecular formula is C55H40N2. The van der Waals surface area contributed by atoms with Crippen LogP contribution in [0.4, 0.5) is 34.1 Å². The molecule has 9 aromatic carbocycles. The van der Waals surface area contributed by atoms with E-state index in [0.717, 1.165) is 34.1 Å². The van der Waals surface area contributed by atoms with Crippen LogP contribution in [0.25, 0.3) is 43.4 Å². The van der Waals surface area contributed by atoms with E-state index in [1.165, 1.54) is 54.6 Å². The van der Waals surface area contributed by atoms with Crippen molar-refractivity contribution in [2.75, 3.05) is 9.80 Å². The lowest BCUT2D eigenvalue weighted by atomic mass is 9.61. The number of hydrogen-bond donors (Lipinski definition) is 0. The Balaban J connectivity index is 1.20. The Hall–Kier alpha value is -7.16. The Bertz CT molecular complexity index is 2980. The molecule has 2 aliphatic carbocycles. The average Bonchev–Trinajstić information content (AvgIpc) is 3.28. The summed E-state index contributed by atoms with van der Waals surface area (Å²) in [4.78, 5) is 4.87. The number of fused-ring (bicyclic) bond motifs is 12. The monoisotopic (exact) mass is 728 g/mol. The largest absolute Gasteiger partial charge is 0.308 e. The van der Waals surface area contributed by atoms with Gasteiger partial charge in [0.1, 0.15) is 0 Å². The molecule has 0 aromatic heterocycles. The number of anilines is 6. The molecule has 2 heteroatoms. The van der Waals surface area contributed by atoms with Crippen LogP contribution in [0.2, 0.25) is 0 Å².